The molecule has 0 saturated carbocycles. The third kappa shape index (κ3) is 3.17. The van der Waals surface area contributed by atoms with Crippen LogP contribution in [0, 0.1) is 0 Å². The molecule has 0 radical (unpaired) electrons. The Bertz CT molecular complexity index is 795. The van der Waals surface area contributed by atoms with Crippen LogP contribution in [0.1, 0.15) is 24.5 Å². The van der Waals surface area contributed by atoms with Crippen LogP contribution >= 0.6 is 0 Å². The molecule has 3 rings (SSSR count). The second-order valence-corrected chi connectivity index (χ2v) is 10.2. The van der Waals surface area contributed by atoms with Gasteiger partial charge in [0.05, 0.1) is 10.6 Å². The standard InChI is InChI=1S/C15H22N2O4S2/c1-2-22(18,19)16-8-10-17(11-9-16)23(20,21)15-7-6-13-4-3-5-14(13)12-15/h6-7,12H,2-5,8-11H2,1H3. The Hall–Kier alpha value is -0.960. The van der Waals surface area contributed by atoms with E-state index < -0.39 is 20.0 Å². The van der Waals surface area contributed by atoms with Crippen LogP contribution in [0.5, 0.6) is 0 Å². The number of aryl methyl sites for hydroxylation is 2. The first-order chi connectivity index (χ1) is 10.8. The largest absolute Gasteiger partial charge is 0.243 e. The highest BCUT2D eigenvalue weighted by Crippen LogP contribution is 2.26. The van der Waals surface area contributed by atoms with E-state index in [0.29, 0.717) is 4.90 Å². The smallest absolute Gasteiger partial charge is 0.212 e. The number of rotatable bonds is 4. The first-order valence-corrected chi connectivity index (χ1v) is 11.0. The van der Waals surface area contributed by atoms with E-state index in [0.717, 1.165) is 24.8 Å². The summed E-state index contributed by atoms with van der Waals surface area (Å²) in [6.07, 6.45) is 3.02. The van der Waals surface area contributed by atoms with Crippen molar-refractivity contribution in [3.8, 4) is 0 Å². The van der Waals surface area contributed by atoms with Gasteiger partial charge in [0.2, 0.25) is 20.0 Å². The lowest BCUT2D eigenvalue weighted by molar-refractivity contribution is 0.273. The van der Waals surface area contributed by atoms with Crippen LogP contribution in [0.4, 0.5) is 0 Å². The Morgan fingerprint density at radius 3 is 2.17 bits per heavy atom. The van der Waals surface area contributed by atoms with Crippen molar-refractivity contribution in [2.75, 3.05) is 31.9 Å². The van der Waals surface area contributed by atoms with E-state index in [-0.39, 0.29) is 31.9 Å². The van der Waals surface area contributed by atoms with Crippen molar-refractivity contribution in [1.29, 1.82) is 0 Å². The molecule has 1 aromatic carbocycles. The van der Waals surface area contributed by atoms with Gasteiger partial charge in [-0.15, -0.1) is 0 Å². The molecule has 1 fully saturated rings. The van der Waals surface area contributed by atoms with Crippen molar-refractivity contribution in [1.82, 2.24) is 8.61 Å². The summed E-state index contributed by atoms with van der Waals surface area (Å²) in [6, 6.07) is 5.37. The molecule has 1 heterocycles. The van der Waals surface area contributed by atoms with Crippen molar-refractivity contribution in [2.24, 2.45) is 0 Å². The van der Waals surface area contributed by atoms with Gasteiger partial charge in [-0.1, -0.05) is 6.07 Å². The fourth-order valence-corrected chi connectivity index (χ4v) is 5.79. The molecule has 6 nitrogen and oxygen atoms in total. The van der Waals surface area contributed by atoms with Crippen molar-refractivity contribution < 1.29 is 16.8 Å². The van der Waals surface area contributed by atoms with Crippen molar-refractivity contribution in [2.45, 2.75) is 31.1 Å². The lowest BCUT2D eigenvalue weighted by Crippen LogP contribution is -2.50. The van der Waals surface area contributed by atoms with Crippen molar-refractivity contribution in [3.05, 3.63) is 29.3 Å². The summed E-state index contributed by atoms with van der Waals surface area (Å²) >= 11 is 0. The van der Waals surface area contributed by atoms with E-state index in [4.69, 9.17) is 0 Å². The maximum atomic E-state index is 12.8. The lowest BCUT2D eigenvalue weighted by atomic mass is 10.1. The summed E-state index contributed by atoms with van der Waals surface area (Å²) in [5, 5.41) is 0. The molecule has 1 aliphatic carbocycles. The normalized spacial score (nSPS) is 20.6. The van der Waals surface area contributed by atoms with Crippen LogP contribution in [-0.2, 0) is 32.9 Å². The average molecular weight is 358 g/mol. The number of fused-ring (bicyclic) bond motifs is 1. The minimum Gasteiger partial charge on any atom is -0.212 e. The Balaban J connectivity index is 1.77. The molecule has 0 aromatic heterocycles. The summed E-state index contributed by atoms with van der Waals surface area (Å²) in [4.78, 5) is 0.324. The van der Waals surface area contributed by atoms with Crippen LogP contribution in [-0.4, -0.2) is 57.4 Å². The minimum atomic E-state index is -3.55. The van der Waals surface area contributed by atoms with E-state index >= 15 is 0 Å². The molecule has 0 atom stereocenters. The highest BCUT2D eigenvalue weighted by Gasteiger charge is 2.32. The first kappa shape index (κ1) is 16.9. The predicted octanol–water partition coefficient (Wildman–Crippen LogP) is 0.831. The molecule has 0 bridgehead atoms. The second kappa shape index (κ2) is 6.16. The van der Waals surface area contributed by atoms with Crippen molar-refractivity contribution >= 4 is 20.0 Å². The maximum absolute atomic E-state index is 12.8. The van der Waals surface area contributed by atoms with Crippen LogP contribution in [0.3, 0.4) is 0 Å². The topological polar surface area (TPSA) is 74.8 Å². The Morgan fingerprint density at radius 1 is 0.913 bits per heavy atom. The fraction of sp³-hybridized carbons (Fsp3) is 0.600. The third-order valence-electron chi connectivity index (χ3n) is 4.66. The molecule has 2 aliphatic rings. The van der Waals surface area contributed by atoms with E-state index in [1.807, 2.05) is 6.07 Å². The highest BCUT2D eigenvalue weighted by atomic mass is 32.2. The molecule has 0 amide bonds. The number of hydrogen-bond donors (Lipinski definition) is 0. The van der Waals surface area contributed by atoms with E-state index in [1.165, 1.54) is 14.2 Å². The van der Waals surface area contributed by atoms with Gasteiger partial charge in [-0.3, -0.25) is 0 Å². The maximum Gasteiger partial charge on any atom is 0.243 e. The quantitative estimate of drug-likeness (QED) is 0.799. The predicted molar refractivity (Wildman–Crippen MR) is 88.3 cm³/mol. The van der Waals surface area contributed by atoms with Crippen molar-refractivity contribution in [3.63, 3.8) is 0 Å². The van der Waals surface area contributed by atoms with Crippen LogP contribution in [0.25, 0.3) is 0 Å². The molecule has 8 heteroatoms. The third-order valence-corrected chi connectivity index (χ3v) is 8.44. The monoisotopic (exact) mass is 358 g/mol. The zero-order valence-corrected chi connectivity index (χ0v) is 14.9. The molecular formula is C15H22N2O4S2. The first-order valence-electron chi connectivity index (χ1n) is 7.94. The fourth-order valence-electron chi connectivity index (χ4n) is 3.23. The van der Waals surface area contributed by atoms with E-state index in [9.17, 15) is 16.8 Å². The summed E-state index contributed by atoms with van der Waals surface area (Å²) in [5.41, 5.74) is 2.36. The van der Waals surface area contributed by atoms with Gasteiger partial charge in [-0.2, -0.15) is 8.61 Å². The minimum absolute atomic E-state index is 0.0462. The van der Waals surface area contributed by atoms with Gasteiger partial charge < -0.3 is 0 Å². The Kier molecular flexibility index (Phi) is 4.52. The number of hydrogen-bond acceptors (Lipinski definition) is 4. The number of benzene rings is 1. The number of nitrogens with zero attached hydrogens (tertiary/aromatic N) is 2. The number of piperazine rings is 1. The van der Waals surface area contributed by atoms with Crippen LogP contribution < -0.4 is 0 Å². The van der Waals surface area contributed by atoms with E-state index in [1.54, 1.807) is 19.1 Å². The summed E-state index contributed by atoms with van der Waals surface area (Å²) < 4.78 is 52.0. The molecule has 23 heavy (non-hydrogen) atoms. The zero-order valence-electron chi connectivity index (χ0n) is 13.2. The Morgan fingerprint density at radius 2 is 1.52 bits per heavy atom. The van der Waals surface area contributed by atoms with Gasteiger partial charge in [0, 0.05) is 26.2 Å². The van der Waals surface area contributed by atoms with Gasteiger partial charge in [0.15, 0.2) is 0 Å². The molecular weight excluding hydrogens is 336 g/mol. The zero-order chi connectivity index (χ0) is 16.7. The van der Waals surface area contributed by atoms with Gasteiger partial charge in [-0.25, -0.2) is 16.8 Å². The molecule has 0 N–H and O–H groups in total. The molecule has 1 aliphatic heterocycles. The van der Waals surface area contributed by atoms with Crippen LogP contribution in [0.15, 0.2) is 23.1 Å². The molecule has 0 spiro atoms. The summed E-state index contributed by atoms with van der Waals surface area (Å²) in [7, 11) is -6.80. The number of sulfonamides is 2. The van der Waals surface area contributed by atoms with E-state index in [2.05, 4.69) is 0 Å². The summed E-state index contributed by atoms with van der Waals surface area (Å²) in [5.74, 6) is 0.0462. The average Bonchev–Trinajstić information content (AvgIpc) is 3.02. The lowest BCUT2D eigenvalue weighted by Gasteiger charge is -2.33. The van der Waals surface area contributed by atoms with Gasteiger partial charge >= 0.3 is 0 Å². The molecule has 0 unspecified atom stereocenters. The summed E-state index contributed by atoms with van der Waals surface area (Å²) in [6.45, 7) is 2.46. The SMILES string of the molecule is CCS(=O)(=O)N1CCN(S(=O)(=O)c2ccc3c(c2)CCC3)CC1. The van der Waals surface area contributed by atoms with Crippen LogP contribution in [0.2, 0.25) is 0 Å². The highest BCUT2D eigenvalue weighted by molar-refractivity contribution is 7.89. The Labute approximate surface area is 138 Å². The second-order valence-electron chi connectivity index (χ2n) is 5.99. The molecule has 1 saturated heterocycles. The molecule has 128 valence electrons. The van der Waals surface area contributed by atoms with Gasteiger partial charge in [-0.05, 0) is 49.4 Å². The van der Waals surface area contributed by atoms with Gasteiger partial charge in [0.1, 0.15) is 0 Å². The molecule has 1 aromatic rings. The van der Waals surface area contributed by atoms with Gasteiger partial charge in [0.25, 0.3) is 0 Å².